The van der Waals surface area contributed by atoms with Crippen LogP contribution >= 0.6 is 0 Å². The van der Waals surface area contributed by atoms with E-state index in [0.29, 0.717) is 26.1 Å². The summed E-state index contributed by atoms with van der Waals surface area (Å²) in [4.78, 5) is 17.4. The number of amides is 1. The van der Waals surface area contributed by atoms with Crippen LogP contribution in [0.2, 0.25) is 0 Å². The highest BCUT2D eigenvalue weighted by Crippen LogP contribution is 2.31. The van der Waals surface area contributed by atoms with Gasteiger partial charge >= 0.3 is 0 Å². The molecule has 5 rings (SSSR count). The van der Waals surface area contributed by atoms with Crippen LogP contribution in [0.5, 0.6) is 5.75 Å². The number of carbonyl (C=O) groups excluding carboxylic acids is 1. The third-order valence-electron chi connectivity index (χ3n) is 6.02. The van der Waals surface area contributed by atoms with Gasteiger partial charge in [-0.2, -0.15) is 0 Å². The van der Waals surface area contributed by atoms with Gasteiger partial charge in [-0.3, -0.25) is 4.79 Å². The van der Waals surface area contributed by atoms with E-state index in [1.54, 1.807) is 6.26 Å². The minimum absolute atomic E-state index is 0.147. The lowest BCUT2D eigenvalue weighted by Crippen LogP contribution is -2.49. The van der Waals surface area contributed by atoms with Crippen LogP contribution in [-0.4, -0.2) is 43.6 Å². The number of benzene rings is 3. The molecule has 0 bridgehead atoms. The van der Waals surface area contributed by atoms with Crippen molar-refractivity contribution in [3.05, 3.63) is 72.5 Å². The van der Waals surface area contributed by atoms with Gasteiger partial charge in [-0.05, 0) is 35.9 Å². The summed E-state index contributed by atoms with van der Waals surface area (Å²) in [7, 11) is 0. The third kappa shape index (κ3) is 3.72. The lowest BCUT2D eigenvalue weighted by Gasteiger charge is -2.36. The summed E-state index contributed by atoms with van der Waals surface area (Å²) < 4.78 is 11.5. The van der Waals surface area contributed by atoms with Gasteiger partial charge in [0.05, 0.1) is 25.0 Å². The fourth-order valence-electron chi connectivity index (χ4n) is 4.47. The summed E-state index contributed by atoms with van der Waals surface area (Å²) in [6.07, 6.45) is 2.10. The average molecular weight is 415 g/mol. The van der Waals surface area contributed by atoms with Crippen molar-refractivity contribution in [1.29, 1.82) is 0 Å². The number of fused-ring (bicyclic) bond motifs is 3. The van der Waals surface area contributed by atoms with E-state index < -0.39 is 0 Å². The minimum atomic E-state index is 0.147. The zero-order valence-electron chi connectivity index (χ0n) is 17.7. The van der Waals surface area contributed by atoms with Crippen LogP contribution in [0.4, 0.5) is 5.69 Å². The van der Waals surface area contributed by atoms with E-state index in [2.05, 4.69) is 29.2 Å². The van der Waals surface area contributed by atoms with Gasteiger partial charge in [0.15, 0.2) is 0 Å². The second kappa shape index (κ2) is 8.34. The first kappa shape index (κ1) is 19.5. The van der Waals surface area contributed by atoms with Gasteiger partial charge < -0.3 is 19.0 Å². The van der Waals surface area contributed by atoms with Crippen molar-refractivity contribution in [2.75, 3.05) is 37.7 Å². The molecule has 0 aliphatic carbocycles. The van der Waals surface area contributed by atoms with Crippen molar-refractivity contribution < 1.29 is 13.9 Å². The predicted molar refractivity (Wildman–Crippen MR) is 124 cm³/mol. The average Bonchev–Trinajstić information content (AvgIpc) is 3.23. The van der Waals surface area contributed by atoms with E-state index in [-0.39, 0.29) is 5.91 Å². The maximum atomic E-state index is 13.1. The molecule has 158 valence electrons. The highest BCUT2D eigenvalue weighted by Gasteiger charge is 2.24. The normalized spacial score (nSPS) is 14.4. The second-order valence-corrected chi connectivity index (χ2v) is 7.87. The number of rotatable bonds is 5. The lowest BCUT2D eigenvalue weighted by atomic mass is 10.0. The molecule has 0 spiro atoms. The standard InChI is InChI=1S/C26H26N2O3/c1-2-30-23-10-6-5-9-22(23)27-13-15-28(16-14-27)25(29)17-20-18-31-24-12-11-19-7-3-4-8-21(19)26(20)24/h3-12,18H,2,13-17H2,1H3. The molecular weight excluding hydrogens is 388 g/mol. The molecule has 0 unspecified atom stereocenters. The summed E-state index contributed by atoms with van der Waals surface area (Å²) in [6, 6.07) is 20.4. The molecule has 1 aromatic heterocycles. The first-order valence-corrected chi connectivity index (χ1v) is 10.9. The molecule has 1 amide bonds. The van der Waals surface area contributed by atoms with Gasteiger partial charge in [0, 0.05) is 37.1 Å². The molecule has 5 nitrogen and oxygen atoms in total. The van der Waals surface area contributed by atoms with Crippen molar-refractivity contribution in [3.8, 4) is 5.75 Å². The molecule has 0 saturated carbocycles. The van der Waals surface area contributed by atoms with Gasteiger partial charge in [-0.25, -0.2) is 0 Å². The van der Waals surface area contributed by atoms with Crippen LogP contribution in [0.1, 0.15) is 12.5 Å². The maximum absolute atomic E-state index is 13.1. The van der Waals surface area contributed by atoms with Crippen LogP contribution in [0.3, 0.4) is 0 Å². The van der Waals surface area contributed by atoms with Gasteiger partial charge in [-0.1, -0.05) is 42.5 Å². The van der Waals surface area contributed by atoms with Gasteiger partial charge in [0.2, 0.25) is 5.91 Å². The smallest absolute Gasteiger partial charge is 0.227 e. The van der Waals surface area contributed by atoms with Crippen LogP contribution in [0, 0.1) is 0 Å². The molecule has 1 aliphatic heterocycles. The van der Waals surface area contributed by atoms with E-state index in [0.717, 1.165) is 51.8 Å². The molecular formula is C26H26N2O3. The summed E-state index contributed by atoms with van der Waals surface area (Å²) in [6.45, 7) is 5.64. The minimum Gasteiger partial charge on any atom is -0.492 e. The summed E-state index contributed by atoms with van der Waals surface area (Å²) in [5, 5.41) is 3.34. The zero-order chi connectivity index (χ0) is 21.2. The molecule has 5 heteroatoms. The molecule has 2 heterocycles. The largest absolute Gasteiger partial charge is 0.492 e. The number of hydrogen-bond acceptors (Lipinski definition) is 4. The molecule has 0 N–H and O–H groups in total. The van der Waals surface area contributed by atoms with Crippen LogP contribution in [0.15, 0.2) is 71.3 Å². The Labute approximate surface area is 181 Å². The monoisotopic (exact) mass is 414 g/mol. The second-order valence-electron chi connectivity index (χ2n) is 7.87. The Morgan fingerprint density at radius 1 is 0.968 bits per heavy atom. The van der Waals surface area contributed by atoms with Gasteiger partial charge in [0.25, 0.3) is 0 Å². The van der Waals surface area contributed by atoms with E-state index in [4.69, 9.17) is 9.15 Å². The van der Waals surface area contributed by atoms with Gasteiger partial charge in [0.1, 0.15) is 11.3 Å². The number of anilines is 1. The Morgan fingerprint density at radius 3 is 2.58 bits per heavy atom. The molecule has 4 aromatic rings. The number of carbonyl (C=O) groups is 1. The highest BCUT2D eigenvalue weighted by molar-refractivity contribution is 6.08. The Hall–Kier alpha value is -3.47. The van der Waals surface area contributed by atoms with Crippen molar-refractivity contribution in [3.63, 3.8) is 0 Å². The van der Waals surface area contributed by atoms with Crippen molar-refractivity contribution in [2.45, 2.75) is 13.3 Å². The molecule has 31 heavy (non-hydrogen) atoms. The van der Waals surface area contributed by atoms with Crippen LogP contribution in [-0.2, 0) is 11.2 Å². The summed E-state index contributed by atoms with van der Waals surface area (Å²) in [5.74, 6) is 1.05. The third-order valence-corrected chi connectivity index (χ3v) is 6.02. The summed E-state index contributed by atoms with van der Waals surface area (Å²) >= 11 is 0. The Balaban J connectivity index is 1.30. The number of ether oxygens (including phenoxy) is 1. The van der Waals surface area contributed by atoms with Crippen molar-refractivity contribution in [1.82, 2.24) is 4.90 Å². The van der Waals surface area contributed by atoms with E-state index in [1.807, 2.05) is 48.2 Å². The van der Waals surface area contributed by atoms with E-state index >= 15 is 0 Å². The SMILES string of the molecule is CCOc1ccccc1N1CCN(C(=O)Cc2coc3ccc4ccccc4c23)CC1. The molecule has 3 aromatic carbocycles. The van der Waals surface area contributed by atoms with Crippen LogP contribution < -0.4 is 9.64 Å². The predicted octanol–water partition coefficient (Wildman–Crippen LogP) is 4.88. The van der Waals surface area contributed by atoms with Crippen molar-refractivity contribution >= 4 is 33.3 Å². The topological polar surface area (TPSA) is 45.9 Å². The number of hydrogen-bond donors (Lipinski definition) is 0. The molecule has 1 saturated heterocycles. The molecule has 0 radical (unpaired) electrons. The van der Waals surface area contributed by atoms with E-state index in [9.17, 15) is 4.79 Å². The number of nitrogens with zero attached hydrogens (tertiary/aromatic N) is 2. The first-order valence-electron chi connectivity index (χ1n) is 10.9. The zero-order valence-corrected chi connectivity index (χ0v) is 17.7. The first-order chi connectivity index (χ1) is 15.2. The summed E-state index contributed by atoms with van der Waals surface area (Å²) in [5.41, 5.74) is 2.89. The maximum Gasteiger partial charge on any atom is 0.227 e. The number of furan rings is 1. The fourth-order valence-corrected chi connectivity index (χ4v) is 4.47. The van der Waals surface area contributed by atoms with Crippen LogP contribution in [0.25, 0.3) is 21.7 Å². The number of piperazine rings is 1. The Bertz CT molecular complexity index is 1220. The lowest BCUT2D eigenvalue weighted by molar-refractivity contribution is -0.130. The Morgan fingerprint density at radius 2 is 1.74 bits per heavy atom. The quantitative estimate of drug-likeness (QED) is 0.467. The fraction of sp³-hybridized carbons (Fsp3) is 0.269. The molecule has 1 aliphatic rings. The molecule has 0 atom stereocenters. The van der Waals surface area contributed by atoms with E-state index in [1.165, 1.54) is 0 Å². The highest BCUT2D eigenvalue weighted by atomic mass is 16.5. The molecule has 1 fully saturated rings. The number of para-hydroxylation sites is 2. The Kier molecular flexibility index (Phi) is 5.24. The van der Waals surface area contributed by atoms with Crippen molar-refractivity contribution in [2.24, 2.45) is 0 Å². The van der Waals surface area contributed by atoms with Gasteiger partial charge in [-0.15, -0.1) is 0 Å².